The number of fused-ring (bicyclic) bond motifs is 1. The summed E-state index contributed by atoms with van der Waals surface area (Å²) in [5.74, 6) is 1.18. The van der Waals surface area contributed by atoms with E-state index < -0.39 is 10.0 Å². The van der Waals surface area contributed by atoms with Crippen LogP contribution in [0.4, 0.5) is 5.82 Å². The van der Waals surface area contributed by atoms with Crippen LogP contribution in [0.15, 0.2) is 36.8 Å². The van der Waals surface area contributed by atoms with Crippen LogP contribution in [0.3, 0.4) is 0 Å². The van der Waals surface area contributed by atoms with Gasteiger partial charge in [-0.05, 0) is 36.4 Å². The van der Waals surface area contributed by atoms with Gasteiger partial charge in [0, 0.05) is 55.9 Å². The van der Waals surface area contributed by atoms with Crippen LogP contribution >= 0.6 is 0 Å². The molecule has 3 aromatic rings. The van der Waals surface area contributed by atoms with Crippen molar-refractivity contribution in [3.05, 3.63) is 48.0 Å². The second kappa shape index (κ2) is 8.73. The molecular weight excluding hydrogens is 399 g/mol. The molecule has 156 valence electrons. The van der Waals surface area contributed by atoms with Gasteiger partial charge >= 0.3 is 0 Å². The maximum Gasteiger partial charge on any atom is 0.214 e. The van der Waals surface area contributed by atoms with Crippen molar-refractivity contribution >= 4 is 34.8 Å². The molecule has 1 aliphatic heterocycles. The number of hydrogen-bond acceptors (Lipinski definition) is 6. The Morgan fingerprint density at radius 2 is 2.07 bits per heavy atom. The molecular formula is C20H25BN6O2S. The lowest BCUT2D eigenvalue weighted by Crippen LogP contribution is -2.39. The van der Waals surface area contributed by atoms with Gasteiger partial charge in [0.2, 0.25) is 10.0 Å². The van der Waals surface area contributed by atoms with E-state index in [0.29, 0.717) is 37.2 Å². The minimum Gasteiger partial charge on any atom is -0.366 e. The molecule has 2 radical (unpaired) electrons. The number of anilines is 1. The monoisotopic (exact) mass is 424 g/mol. The van der Waals surface area contributed by atoms with Crippen LogP contribution in [0.1, 0.15) is 43.4 Å². The molecule has 30 heavy (non-hydrogen) atoms. The van der Waals surface area contributed by atoms with E-state index in [1.54, 1.807) is 21.2 Å². The van der Waals surface area contributed by atoms with Crippen molar-refractivity contribution in [1.29, 1.82) is 0 Å². The van der Waals surface area contributed by atoms with E-state index in [9.17, 15) is 8.42 Å². The third-order valence-electron chi connectivity index (χ3n) is 5.44. The minimum absolute atomic E-state index is 0.177. The lowest BCUT2D eigenvalue weighted by atomic mass is 9.94. The summed E-state index contributed by atoms with van der Waals surface area (Å²) in [7, 11) is 2.93. The van der Waals surface area contributed by atoms with E-state index in [4.69, 9.17) is 12.8 Å². The van der Waals surface area contributed by atoms with Crippen LogP contribution < -0.4 is 10.8 Å². The number of nitrogens with zero attached hydrogens (tertiary/aromatic N) is 5. The van der Waals surface area contributed by atoms with Crippen LogP contribution in [0, 0.1) is 0 Å². The fourth-order valence-corrected chi connectivity index (χ4v) is 5.39. The van der Waals surface area contributed by atoms with Crippen molar-refractivity contribution in [3.63, 3.8) is 0 Å². The van der Waals surface area contributed by atoms with E-state index in [2.05, 4.69) is 15.4 Å². The molecule has 4 heterocycles. The SMILES string of the molecule is [B]c1cnn2c(NCc3cccnc3)cc(C3CCN(S(=O)(=O)CCC)CC3)nc12. The molecule has 1 N–H and O–H groups in total. The summed E-state index contributed by atoms with van der Waals surface area (Å²) in [6, 6.07) is 5.90. The maximum atomic E-state index is 12.4. The quantitative estimate of drug-likeness (QED) is 0.578. The molecule has 0 saturated carbocycles. The van der Waals surface area contributed by atoms with Gasteiger partial charge in [-0.1, -0.05) is 13.0 Å². The van der Waals surface area contributed by atoms with Gasteiger partial charge in [0.05, 0.1) is 5.75 Å². The minimum atomic E-state index is -3.16. The standard InChI is InChI=1S/C20H25BN6O2S/c1-2-10-30(28,29)26-8-5-16(6-9-26)18-11-19(23-13-15-4-3-7-22-12-15)27-20(25-18)17(21)14-24-27/h3-4,7,11-12,14,16,23H,2,5-6,8-10,13H2,1H3. The summed E-state index contributed by atoms with van der Waals surface area (Å²) in [6.45, 7) is 3.53. The summed E-state index contributed by atoms with van der Waals surface area (Å²) in [4.78, 5) is 8.90. The Labute approximate surface area is 178 Å². The van der Waals surface area contributed by atoms with Gasteiger partial charge in [-0.25, -0.2) is 17.7 Å². The van der Waals surface area contributed by atoms with Gasteiger partial charge in [0.1, 0.15) is 19.3 Å². The molecule has 1 aliphatic rings. The molecule has 0 aliphatic carbocycles. The van der Waals surface area contributed by atoms with E-state index in [-0.39, 0.29) is 11.7 Å². The lowest BCUT2D eigenvalue weighted by Gasteiger charge is -2.31. The smallest absolute Gasteiger partial charge is 0.214 e. The first-order valence-electron chi connectivity index (χ1n) is 10.2. The fraction of sp³-hybridized carbons (Fsp3) is 0.450. The number of piperidine rings is 1. The Morgan fingerprint density at radius 1 is 1.27 bits per heavy atom. The highest BCUT2D eigenvalue weighted by Crippen LogP contribution is 2.30. The van der Waals surface area contributed by atoms with Crippen molar-refractivity contribution < 1.29 is 8.42 Å². The Bertz CT molecular complexity index is 1110. The number of hydrogen-bond donors (Lipinski definition) is 1. The lowest BCUT2D eigenvalue weighted by molar-refractivity contribution is 0.316. The van der Waals surface area contributed by atoms with E-state index >= 15 is 0 Å². The Balaban J connectivity index is 1.55. The Morgan fingerprint density at radius 3 is 2.77 bits per heavy atom. The summed E-state index contributed by atoms with van der Waals surface area (Å²) in [5.41, 5.74) is 3.10. The van der Waals surface area contributed by atoms with Crippen molar-refractivity contribution in [1.82, 2.24) is 23.9 Å². The first-order chi connectivity index (χ1) is 14.5. The zero-order chi connectivity index (χ0) is 21.1. The molecule has 0 atom stereocenters. The second-order valence-electron chi connectivity index (χ2n) is 7.61. The highest BCUT2D eigenvalue weighted by molar-refractivity contribution is 7.89. The van der Waals surface area contributed by atoms with Crippen LogP contribution in [0.25, 0.3) is 5.65 Å². The van der Waals surface area contributed by atoms with Gasteiger partial charge in [-0.2, -0.15) is 9.61 Å². The van der Waals surface area contributed by atoms with Gasteiger partial charge in [0.15, 0.2) is 0 Å². The predicted molar refractivity (Wildman–Crippen MR) is 118 cm³/mol. The molecule has 8 nitrogen and oxygen atoms in total. The molecule has 0 spiro atoms. The fourth-order valence-electron chi connectivity index (χ4n) is 3.85. The number of rotatable bonds is 7. The normalized spacial score (nSPS) is 16.2. The van der Waals surface area contributed by atoms with Crippen LogP contribution in [0.5, 0.6) is 0 Å². The van der Waals surface area contributed by atoms with E-state index in [1.165, 1.54) is 0 Å². The number of nitrogens with one attached hydrogen (secondary N) is 1. The van der Waals surface area contributed by atoms with E-state index in [0.717, 1.165) is 29.9 Å². The zero-order valence-corrected chi connectivity index (χ0v) is 17.8. The van der Waals surface area contributed by atoms with Gasteiger partial charge < -0.3 is 5.32 Å². The average molecular weight is 424 g/mol. The van der Waals surface area contributed by atoms with Crippen molar-refractivity contribution in [3.8, 4) is 0 Å². The molecule has 4 rings (SSSR count). The van der Waals surface area contributed by atoms with Crippen molar-refractivity contribution in [2.24, 2.45) is 0 Å². The average Bonchev–Trinajstić information content (AvgIpc) is 3.14. The molecule has 1 fully saturated rings. The van der Waals surface area contributed by atoms with Gasteiger partial charge in [0.25, 0.3) is 0 Å². The van der Waals surface area contributed by atoms with Crippen molar-refractivity contribution in [2.75, 3.05) is 24.2 Å². The summed E-state index contributed by atoms with van der Waals surface area (Å²) >= 11 is 0. The van der Waals surface area contributed by atoms with Crippen molar-refractivity contribution in [2.45, 2.75) is 38.6 Å². The third kappa shape index (κ3) is 4.34. The summed E-state index contributed by atoms with van der Waals surface area (Å²) in [6.07, 6.45) is 7.27. The molecule has 0 amide bonds. The summed E-state index contributed by atoms with van der Waals surface area (Å²) < 4.78 is 28.0. The zero-order valence-electron chi connectivity index (χ0n) is 17.0. The largest absolute Gasteiger partial charge is 0.366 e. The Hall–Kier alpha value is -2.46. The van der Waals surface area contributed by atoms with Crippen LogP contribution in [-0.4, -0.2) is 59.0 Å². The molecule has 0 unspecified atom stereocenters. The molecule has 0 bridgehead atoms. The van der Waals surface area contributed by atoms with Crippen LogP contribution in [-0.2, 0) is 16.6 Å². The molecule has 1 saturated heterocycles. The number of sulfonamides is 1. The van der Waals surface area contributed by atoms with Gasteiger partial charge in [-0.15, -0.1) is 0 Å². The first-order valence-corrected chi connectivity index (χ1v) is 11.8. The maximum absolute atomic E-state index is 12.4. The van der Waals surface area contributed by atoms with Gasteiger partial charge in [-0.3, -0.25) is 4.98 Å². The van der Waals surface area contributed by atoms with Crippen LogP contribution in [0.2, 0.25) is 0 Å². The second-order valence-corrected chi connectivity index (χ2v) is 9.69. The predicted octanol–water partition coefficient (Wildman–Crippen LogP) is 1.45. The topological polar surface area (TPSA) is 92.5 Å². The Kier molecular flexibility index (Phi) is 6.05. The number of pyridine rings is 1. The third-order valence-corrected chi connectivity index (χ3v) is 7.52. The van der Waals surface area contributed by atoms with E-state index in [1.807, 2.05) is 31.3 Å². The number of aromatic nitrogens is 4. The highest BCUT2D eigenvalue weighted by Gasteiger charge is 2.29. The highest BCUT2D eigenvalue weighted by atomic mass is 32.2. The summed E-state index contributed by atoms with van der Waals surface area (Å²) in [5, 5.41) is 7.75. The molecule has 3 aromatic heterocycles. The first kappa shape index (κ1) is 20.8. The molecule has 10 heteroatoms. The molecule has 0 aromatic carbocycles.